The van der Waals surface area contributed by atoms with E-state index in [0.29, 0.717) is 17.9 Å². The average Bonchev–Trinajstić information content (AvgIpc) is 3.07. The lowest BCUT2D eigenvalue weighted by Crippen LogP contribution is -2.32. The first-order valence-electron chi connectivity index (χ1n) is 6.62. The summed E-state index contributed by atoms with van der Waals surface area (Å²) in [7, 11) is 0. The fourth-order valence-electron chi connectivity index (χ4n) is 2.19. The SMILES string of the molecule is CC(C)C1(CNCCC(=O)NC2CC2)CC1. The number of carbonyl (C=O) groups excluding carboxylic acids is 1. The number of carbonyl (C=O) groups is 1. The van der Waals surface area contributed by atoms with E-state index in [-0.39, 0.29) is 5.91 Å². The fourth-order valence-corrected chi connectivity index (χ4v) is 2.19. The van der Waals surface area contributed by atoms with Crippen molar-refractivity contribution in [2.75, 3.05) is 13.1 Å². The Kier molecular flexibility index (Phi) is 3.53. The lowest BCUT2D eigenvalue weighted by molar-refractivity contribution is -0.121. The first-order valence-corrected chi connectivity index (χ1v) is 6.62. The summed E-state index contributed by atoms with van der Waals surface area (Å²) in [4.78, 5) is 11.4. The molecule has 1 amide bonds. The summed E-state index contributed by atoms with van der Waals surface area (Å²) in [6, 6.07) is 0.498. The van der Waals surface area contributed by atoms with Gasteiger partial charge in [-0.25, -0.2) is 0 Å². The Morgan fingerprint density at radius 2 is 2.06 bits per heavy atom. The summed E-state index contributed by atoms with van der Waals surface area (Å²) in [5, 5.41) is 6.44. The summed E-state index contributed by atoms with van der Waals surface area (Å²) in [6.45, 7) is 6.51. The fraction of sp³-hybridized carbons (Fsp3) is 0.923. The summed E-state index contributed by atoms with van der Waals surface area (Å²) in [6.07, 6.45) is 5.69. The molecule has 0 aromatic heterocycles. The zero-order valence-electron chi connectivity index (χ0n) is 10.5. The van der Waals surface area contributed by atoms with E-state index in [1.807, 2.05) is 0 Å². The van der Waals surface area contributed by atoms with Crippen LogP contribution in [0.15, 0.2) is 0 Å². The van der Waals surface area contributed by atoms with Crippen molar-refractivity contribution in [3.8, 4) is 0 Å². The van der Waals surface area contributed by atoms with E-state index in [1.165, 1.54) is 25.7 Å². The van der Waals surface area contributed by atoms with E-state index in [1.54, 1.807) is 0 Å². The third-order valence-electron chi connectivity index (χ3n) is 4.07. The molecule has 2 aliphatic rings. The van der Waals surface area contributed by atoms with Gasteiger partial charge in [0.1, 0.15) is 0 Å². The lowest BCUT2D eigenvalue weighted by atomic mass is 9.92. The van der Waals surface area contributed by atoms with Crippen molar-refractivity contribution in [3.05, 3.63) is 0 Å². The van der Waals surface area contributed by atoms with Gasteiger partial charge in [-0.2, -0.15) is 0 Å². The molecule has 92 valence electrons. The van der Waals surface area contributed by atoms with E-state index >= 15 is 0 Å². The van der Waals surface area contributed by atoms with Crippen LogP contribution in [0, 0.1) is 11.3 Å². The molecule has 0 heterocycles. The second-order valence-electron chi connectivity index (χ2n) is 5.79. The van der Waals surface area contributed by atoms with Crippen LogP contribution in [0.5, 0.6) is 0 Å². The van der Waals surface area contributed by atoms with E-state index < -0.39 is 0 Å². The molecule has 3 nitrogen and oxygen atoms in total. The molecule has 2 N–H and O–H groups in total. The molecule has 0 spiro atoms. The lowest BCUT2D eigenvalue weighted by Gasteiger charge is -2.19. The van der Waals surface area contributed by atoms with E-state index in [9.17, 15) is 4.79 Å². The molecule has 2 saturated carbocycles. The highest BCUT2D eigenvalue weighted by molar-refractivity contribution is 5.76. The maximum Gasteiger partial charge on any atom is 0.221 e. The molecule has 0 atom stereocenters. The molecule has 0 radical (unpaired) electrons. The predicted molar refractivity (Wildman–Crippen MR) is 65.2 cm³/mol. The summed E-state index contributed by atoms with van der Waals surface area (Å²) >= 11 is 0. The van der Waals surface area contributed by atoms with Gasteiger partial charge in [-0.1, -0.05) is 13.8 Å². The molecule has 0 saturated heterocycles. The second kappa shape index (κ2) is 4.74. The van der Waals surface area contributed by atoms with Gasteiger partial charge in [0.15, 0.2) is 0 Å². The van der Waals surface area contributed by atoms with Crippen molar-refractivity contribution in [2.24, 2.45) is 11.3 Å². The Hall–Kier alpha value is -0.570. The summed E-state index contributed by atoms with van der Waals surface area (Å²) < 4.78 is 0. The quantitative estimate of drug-likeness (QED) is 0.646. The predicted octanol–water partition coefficient (Wildman–Crippen LogP) is 1.68. The Morgan fingerprint density at radius 3 is 2.56 bits per heavy atom. The van der Waals surface area contributed by atoms with Gasteiger partial charge >= 0.3 is 0 Å². The van der Waals surface area contributed by atoms with Crippen LogP contribution in [0.2, 0.25) is 0 Å². The highest BCUT2D eigenvalue weighted by Gasteiger charge is 2.44. The summed E-state index contributed by atoms with van der Waals surface area (Å²) in [5.41, 5.74) is 0.549. The minimum absolute atomic E-state index is 0.212. The van der Waals surface area contributed by atoms with Crippen molar-refractivity contribution in [1.29, 1.82) is 0 Å². The van der Waals surface area contributed by atoms with Crippen LogP contribution < -0.4 is 10.6 Å². The van der Waals surface area contributed by atoms with Gasteiger partial charge in [0.2, 0.25) is 5.91 Å². The van der Waals surface area contributed by atoms with Crippen molar-refractivity contribution >= 4 is 5.91 Å². The monoisotopic (exact) mass is 224 g/mol. The average molecular weight is 224 g/mol. The Balaban J connectivity index is 1.53. The van der Waals surface area contributed by atoms with Gasteiger partial charge in [-0.05, 0) is 37.0 Å². The van der Waals surface area contributed by atoms with Crippen LogP contribution in [0.1, 0.15) is 46.0 Å². The van der Waals surface area contributed by atoms with Crippen LogP contribution in [0.3, 0.4) is 0 Å². The van der Waals surface area contributed by atoms with Crippen LogP contribution in [-0.2, 0) is 4.79 Å². The largest absolute Gasteiger partial charge is 0.353 e. The molecule has 16 heavy (non-hydrogen) atoms. The molecule has 0 aliphatic heterocycles. The Morgan fingerprint density at radius 1 is 1.38 bits per heavy atom. The molecular weight excluding hydrogens is 200 g/mol. The smallest absolute Gasteiger partial charge is 0.221 e. The van der Waals surface area contributed by atoms with E-state index in [2.05, 4.69) is 24.5 Å². The standard InChI is InChI=1S/C13H24N2O/c1-10(2)13(6-7-13)9-14-8-5-12(16)15-11-3-4-11/h10-11,14H,3-9H2,1-2H3,(H,15,16). The van der Waals surface area contributed by atoms with Crippen LogP contribution in [0.4, 0.5) is 0 Å². The number of hydrogen-bond donors (Lipinski definition) is 2. The maximum absolute atomic E-state index is 11.4. The zero-order valence-corrected chi connectivity index (χ0v) is 10.5. The molecule has 0 aromatic rings. The van der Waals surface area contributed by atoms with Gasteiger partial charge in [0, 0.05) is 25.6 Å². The van der Waals surface area contributed by atoms with Crippen molar-refractivity contribution in [1.82, 2.24) is 10.6 Å². The number of nitrogens with one attached hydrogen (secondary N) is 2. The van der Waals surface area contributed by atoms with E-state index in [0.717, 1.165) is 19.0 Å². The highest BCUT2D eigenvalue weighted by Crippen LogP contribution is 2.51. The van der Waals surface area contributed by atoms with Crippen molar-refractivity contribution in [3.63, 3.8) is 0 Å². The third-order valence-corrected chi connectivity index (χ3v) is 4.07. The Labute approximate surface area is 98.4 Å². The Bertz CT molecular complexity index is 255. The number of hydrogen-bond acceptors (Lipinski definition) is 2. The molecule has 0 bridgehead atoms. The van der Waals surface area contributed by atoms with Crippen LogP contribution in [0.25, 0.3) is 0 Å². The third kappa shape index (κ3) is 3.21. The minimum atomic E-state index is 0.212. The maximum atomic E-state index is 11.4. The number of amides is 1. The molecule has 2 aliphatic carbocycles. The van der Waals surface area contributed by atoms with Crippen molar-refractivity contribution in [2.45, 2.75) is 52.0 Å². The topological polar surface area (TPSA) is 41.1 Å². The molecule has 3 heteroatoms. The van der Waals surface area contributed by atoms with E-state index in [4.69, 9.17) is 0 Å². The van der Waals surface area contributed by atoms with Gasteiger partial charge in [-0.3, -0.25) is 4.79 Å². The molecular formula is C13H24N2O. The molecule has 0 aromatic carbocycles. The van der Waals surface area contributed by atoms with Crippen molar-refractivity contribution < 1.29 is 4.79 Å². The molecule has 0 unspecified atom stereocenters. The summed E-state index contributed by atoms with van der Waals surface area (Å²) in [5.74, 6) is 0.977. The van der Waals surface area contributed by atoms with Gasteiger partial charge in [0.25, 0.3) is 0 Å². The minimum Gasteiger partial charge on any atom is -0.353 e. The normalized spacial score (nSPS) is 22.2. The zero-order chi connectivity index (χ0) is 11.6. The number of rotatable bonds is 7. The highest BCUT2D eigenvalue weighted by atomic mass is 16.1. The van der Waals surface area contributed by atoms with Gasteiger partial charge < -0.3 is 10.6 Å². The molecule has 2 fully saturated rings. The van der Waals surface area contributed by atoms with Gasteiger partial charge in [0.05, 0.1) is 0 Å². The molecule has 2 rings (SSSR count). The van der Waals surface area contributed by atoms with Gasteiger partial charge in [-0.15, -0.1) is 0 Å². The van der Waals surface area contributed by atoms with Crippen LogP contribution in [-0.4, -0.2) is 25.0 Å². The second-order valence-corrected chi connectivity index (χ2v) is 5.79. The van der Waals surface area contributed by atoms with Crippen LogP contribution >= 0.6 is 0 Å². The first-order chi connectivity index (χ1) is 7.62. The first kappa shape index (κ1) is 11.9.